The molecule has 258 valence electrons. The largest absolute Gasteiger partial charge is 0.481 e. The number of carboxylic acids is 3. The first-order valence-electron chi connectivity index (χ1n) is 17.6. The first-order valence-corrected chi connectivity index (χ1v) is 17.6. The number of carboxylic acid groups (broad SMARTS) is 3. The molecule has 0 atom stereocenters. The number of unbranched alkanes of at least 4 members (excludes halogenated alkanes) is 27. The van der Waals surface area contributed by atoms with Gasteiger partial charge in [-0.25, -0.2) is 0 Å². The average molecular weight is 617 g/mol. The predicted molar refractivity (Wildman–Crippen MR) is 181 cm³/mol. The van der Waals surface area contributed by atoms with E-state index in [1.165, 1.54) is 167 Å². The van der Waals surface area contributed by atoms with Crippen molar-refractivity contribution in [1.82, 2.24) is 0 Å². The lowest BCUT2D eigenvalue weighted by molar-refractivity contribution is -0.135. The second-order valence-corrected chi connectivity index (χ2v) is 11.7. The molecule has 0 aromatic rings. The summed E-state index contributed by atoms with van der Waals surface area (Å²) in [6, 6.07) is 0. The summed E-state index contributed by atoms with van der Waals surface area (Å²) in [5.41, 5.74) is 0. The molecule has 0 rings (SSSR count). The number of aldehydes is 1. The summed E-state index contributed by atoms with van der Waals surface area (Å²) in [7, 11) is 0. The van der Waals surface area contributed by atoms with Crippen molar-refractivity contribution in [3.8, 4) is 0 Å². The highest BCUT2D eigenvalue weighted by Crippen LogP contribution is 2.16. The highest BCUT2D eigenvalue weighted by Gasteiger charge is 1.96. The minimum atomic E-state index is -0.833. The minimum Gasteiger partial charge on any atom is -0.481 e. The van der Waals surface area contributed by atoms with E-state index in [9.17, 15) is 4.79 Å². The van der Waals surface area contributed by atoms with Gasteiger partial charge < -0.3 is 20.1 Å². The molecule has 0 aliphatic heterocycles. The summed E-state index contributed by atoms with van der Waals surface area (Å²) in [6.07, 6.45) is 40.5. The average Bonchev–Trinajstić information content (AvgIpc) is 2.92. The number of aliphatic carboxylic acids is 3. The Hall–Kier alpha value is -1.92. The Morgan fingerprint density at radius 1 is 0.372 bits per heavy atom. The number of rotatable bonds is 28. The third-order valence-corrected chi connectivity index (χ3v) is 6.93. The zero-order chi connectivity index (χ0) is 33.2. The van der Waals surface area contributed by atoms with E-state index < -0.39 is 17.9 Å². The molecule has 0 aromatic heterocycles. The number of hydrogen-bond acceptors (Lipinski definition) is 4. The van der Waals surface area contributed by atoms with E-state index >= 15 is 0 Å². The van der Waals surface area contributed by atoms with Gasteiger partial charge in [-0.1, -0.05) is 174 Å². The fourth-order valence-electron chi connectivity index (χ4n) is 4.72. The van der Waals surface area contributed by atoms with Crippen molar-refractivity contribution in [3.63, 3.8) is 0 Å². The van der Waals surface area contributed by atoms with Crippen LogP contribution in [0.2, 0.25) is 0 Å². The monoisotopic (exact) mass is 617 g/mol. The zero-order valence-electron chi connectivity index (χ0n) is 28.9. The Bertz CT molecular complexity index is 523. The van der Waals surface area contributed by atoms with E-state index in [0.29, 0.717) is 0 Å². The molecule has 0 bridgehead atoms. The van der Waals surface area contributed by atoms with Crippen molar-refractivity contribution in [2.45, 2.75) is 207 Å². The lowest BCUT2D eigenvalue weighted by Crippen LogP contribution is -1.85. The molecule has 7 nitrogen and oxygen atoms in total. The van der Waals surface area contributed by atoms with Gasteiger partial charge in [0.1, 0.15) is 6.29 Å². The Morgan fingerprint density at radius 3 is 0.651 bits per heavy atom. The third-order valence-electron chi connectivity index (χ3n) is 6.93. The minimum absolute atomic E-state index is 0.763. The normalized spacial score (nSPS) is 9.86. The lowest BCUT2D eigenvalue weighted by atomic mass is 10.0. The van der Waals surface area contributed by atoms with Crippen LogP contribution >= 0.6 is 0 Å². The van der Waals surface area contributed by atoms with Crippen LogP contribution in [0, 0.1) is 0 Å². The maximum atomic E-state index is 10.2. The van der Waals surface area contributed by atoms with Gasteiger partial charge in [0.15, 0.2) is 0 Å². The van der Waals surface area contributed by atoms with E-state index in [4.69, 9.17) is 29.7 Å². The summed E-state index contributed by atoms with van der Waals surface area (Å²) in [5, 5.41) is 22.2. The second-order valence-electron chi connectivity index (χ2n) is 11.7. The Morgan fingerprint density at radius 2 is 0.512 bits per heavy atom. The van der Waals surface area contributed by atoms with Crippen LogP contribution in [-0.4, -0.2) is 39.5 Å². The molecular formula is C36H72O7. The summed E-state index contributed by atoms with van der Waals surface area (Å²) >= 11 is 0. The molecule has 43 heavy (non-hydrogen) atoms. The van der Waals surface area contributed by atoms with Crippen molar-refractivity contribution in [2.75, 3.05) is 0 Å². The molecule has 0 radical (unpaired) electrons. The Labute approximate surface area is 266 Å². The van der Waals surface area contributed by atoms with E-state index in [-0.39, 0.29) is 0 Å². The highest BCUT2D eigenvalue weighted by atomic mass is 16.4. The van der Waals surface area contributed by atoms with Crippen molar-refractivity contribution >= 4 is 24.2 Å². The third kappa shape index (κ3) is 85.4. The molecule has 0 aliphatic carbocycles. The summed E-state index contributed by atoms with van der Waals surface area (Å²) in [5.74, 6) is -2.50. The van der Waals surface area contributed by atoms with Crippen molar-refractivity contribution in [3.05, 3.63) is 0 Å². The van der Waals surface area contributed by atoms with Gasteiger partial charge in [-0.15, -0.1) is 0 Å². The van der Waals surface area contributed by atoms with Crippen LogP contribution < -0.4 is 0 Å². The van der Waals surface area contributed by atoms with Crippen LogP contribution in [-0.2, 0) is 19.2 Å². The van der Waals surface area contributed by atoms with Gasteiger partial charge in [0.25, 0.3) is 17.9 Å². The number of carbonyl (C=O) groups excluding carboxylic acids is 1. The maximum absolute atomic E-state index is 10.2. The molecule has 0 heterocycles. The molecule has 0 saturated heterocycles. The van der Waals surface area contributed by atoms with Crippen LogP contribution in [0.15, 0.2) is 0 Å². The topological polar surface area (TPSA) is 129 Å². The molecule has 0 fully saturated rings. The first kappa shape index (κ1) is 48.0. The molecular weight excluding hydrogens is 544 g/mol. The SMILES string of the molecule is CC(=O)O.CC(=O)O.CC(=O)O.CCCCCCCCCCCCCCCCCCCCCCCCCCCCCC=O. The van der Waals surface area contributed by atoms with Crippen LogP contribution in [0.25, 0.3) is 0 Å². The van der Waals surface area contributed by atoms with Crippen LogP contribution in [0.1, 0.15) is 207 Å². The fraction of sp³-hybridized carbons (Fsp3) is 0.889. The Kier molecular flexibility index (Phi) is 52.5. The van der Waals surface area contributed by atoms with Gasteiger partial charge in [0.2, 0.25) is 0 Å². The molecule has 3 N–H and O–H groups in total. The number of carbonyl (C=O) groups is 4. The van der Waals surface area contributed by atoms with Gasteiger partial charge in [0.05, 0.1) is 0 Å². The Balaban J connectivity index is -0.000000532. The lowest BCUT2D eigenvalue weighted by Gasteiger charge is -2.04. The number of hydrogen-bond donors (Lipinski definition) is 3. The highest BCUT2D eigenvalue weighted by molar-refractivity contribution is 5.63. The smallest absolute Gasteiger partial charge is 0.300 e. The quantitative estimate of drug-likeness (QED) is 0.0589. The van der Waals surface area contributed by atoms with E-state index in [2.05, 4.69) is 6.92 Å². The molecule has 0 saturated carbocycles. The summed E-state index contributed by atoms with van der Waals surface area (Å²) in [6.45, 7) is 5.55. The molecule has 7 heteroatoms. The molecule has 0 spiro atoms. The zero-order valence-corrected chi connectivity index (χ0v) is 28.9. The van der Waals surface area contributed by atoms with Gasteiger partial charge in [-0.05, 0) is 6.42 Å². The van der Waals surface area contributed by atoms with E-state index in [1.54, 1.807) is 0 Å². The van der Waals surface area contributed by atoms with Crippen molar-refractivity contribution in [1.29, 1.82) is 0 Å². The van der Waals surface area contributed by atoms with Gasteiger partial charge in [-0.2, -0.15) is 0 Å². The van der Waals surface area contributed by atoms with Crippen molar-refractivity contribution < 1.29 is 34.5 Å². The maximum Gasteiger partial charge on any atom is 0.300 e. The van der Waals surface area contributed by atoms with Gasteiger partial charge in [0, 0.05) is 27.2 Å². The molecule has 0 aromatic carbocycles. The van der Waals surface area contributed by atoms with E-state index in [1.807, 2.05) is 0 Å². The second kappa shape index (κ2) is 47.0. The molecule has 0 aliphatic rings. The van der Waals surface area contributed by atoms with Crippen LogP contribution in [0.3, 0.4) is 0 Å². The van der Waals surface area contributed by atoms with Crippen LogP contribution in [0.5, 0.6) is 0 Å². The van der Waals surface area contributed by atoms with Gasteiger partial charge in [-0.3, -0.25) is 14.4 Å². The summed E-state index contributed by atoms with van der Waals surface area (Å²) < 4.78 is 0. The van der Waals surface area contributed by atoms with Crippen LogP contribution in [0.4, 0.5) is 0 Å². The van der Waals surface area contributed by atoms with E-state index in [0.717, 1.165) is 39.9 Å². The van der Waals surface area contributed by atoms with Gasteiger partial charge >= 0.3 is 0 Å². The molecule has 0 amide bonds. The predicted octanol–water partition coefficient (Wildman–Crippen LogP) is 11.4. The standard InChI is InChI=1S/C30H60O.3C2H4O2/c1-2-3-4-5-6-7-8-9-10-11-12-13-14-15-16-17-18-19-20-21-22-23-24-25-26-27-28-29-30-31;3*1-2(3)4/h30H,2-29H2,1H3;3*1H3,(H,3,4). The summed E-state index contributed by atoms with van der Waals surface area (Å²) in [4.78, 5) is 37.2. The molecule has 0 unspecified atom stereocenters. The fourth-order valence-corrected chi connectivity index (χ4v) is 4.72. The first-order chi connectivity index (χ1) is 20.6. The van der Waals surface area contributed by atoms with Crippen molar-refractivity contribution in [2.24, 2.45) is 0 Å².